The Hall–Kier alpha value is -2.44. The molecule has 7 nitrogen and oxygen atoms in total. The number of ether oxygens (including phenoxy) is 2. The molecule has 1 heterocycles. The molecule has 108 valence electrons. The van der Waals surface area contributed by atoms with E-state index in [0.717, 1.165) is 0 Å². The van der Waals surface area contributed by atoms with Crippen molar-refractivity contribution >= 4 is 17.5 Å². The van der Waals surface area contributed by atoms with Crippen molar-refractivity contribution < 1.29 is 19.1 Å². The summed E-state index contributed by atoms with van der Waals surface area (Å²) in [4.78, 5) is 25.3. The molecule has 1 aliphatic heterocycles. The zero-order chi connectivity index (χ0) is 14.7. The number of piperazine rings is 1. The van der Waals surface area contributed by atoms with Crippen LogP contribution in [0.1, 0.15) is 10.4 Å². The molecule has 1 saturated heterocycles. The van der Waals surface area contributed by atoms with Crippen molar-refractivity contribution in [3.05, 3.63) is 17.7 Å². The highest BCUT2D eigenvalue weighted by atomic mass is 16.5. The number of amides is 2. The number of hydrogen-bond donors (Lipinski definition) is 2. The predicted octanol–water partition coefficient (Wildman–Crippen LogP) is -0.142. The molecule has 0 bridgehead atoms. The molecule has 1 fully saturated rings. The Balaban J connectivity index is 2.35. The average Bonchev–Trinajstić information content (AvgIpc) is 2.47. The number of nitrogen functional groups attached to an aromatic ring is 1. The molecular weight excluding hydrogens is 262 g/mol. The highest BCUT2D eigenvalue weighted by molar-refractivity contribution is 6.02. The van der Waals surface area contributed by atoms with Gasteiger partial charge >= 0.3 is 0 Å². The molecule has 0 aromatic heterocycles. The van der Waals surface area contributed by atoms with Crippen molar-refractivity contribution in [2.45, 2.75) is 0 Å². The van der Waals surface area contributed by atoms with Gasteiger partial charge < -0.3 is 25.4 Å². The lowest BCUT2D eigenvalue weighted by molar-refractivity contribution is -0.123. The third-order valence-electron chi connectivity index (χ3n) is 3.13. The van der Waals surface area contributed by atoms with Crippen LogP contribution < -0.4 is 20.5 Å². The molecule has 1 aliphatic rings. The number of carbonyl (C=O) groups excluding carboxylic acids is 2. The third-order valence-corrected chi connectivity index (χ3v) is 3.13. The van der Waals surface area contributed by atoms with Crippen LogP contribution in [0.3, 0.4) is 0 Å². The van der Waals surface area contributed by atoms with Crippen LogP contribution >= 0.6 is 0 Å². The van der Waals surface area contributed by atoms with Crippen molar-refractivity contribution in [1.82, 2.24) is 10.2 Å². The molecule has 1 aromatic carbocycles. The monoisotopic (exact) mass is 279 g/mol. The Morgan fingerprint density at radius 1 is 1.35 bits per heavy atom. The first-order valence-electron chi connectivity index (χ1n) is 6.14. The fourth-order valence-electron chi connectivity index (χ4n) is 2.05. The van der Waals surface area contributed by atoms with E-state index in [1.165, 1.54) is 19.1 Å². The van der Waals surface area contributed by atoms with E-state index < -0.39 is 0 Å². The summed E-state index contributed by atoms with van der Waals surface area (Å²) in [6.45, 7) is 0.910. The normalized spacial score (nSPS) is 14.7. The molecule has 0 atom stereocenters. The second kappa shape index (κ2) is 5.68. The Morgan fingerprint density at radius 3 is 2.70 bits per heavy atom. The number of hydrogen-bond acceptors (Lipinski definition) is 5. The first-order chi connectivity index (χ1) is 9.56. The summed E-state index contributed by atoms with van der Waals surface area (Å²) < 4.78 is 10.3. The zero-order valence-electron chi connectivity index (χ0n) is 11.4. The lowest BCUT2D eigenvalue weighted by atomic mass is 10.1. The summed E-state index contributed by atoms with van der Waals surface area (Å²) in [7, 11) is 2.96. The van der Waals surface area contributed by atoms with Crippen LogP contribution in [0.25, 0.3) is 0 Å². The van der Waals surface area contributed by atoms with Gasteiger partial charge in [-0.05, 0) is 6.07 Å². The summed E-state index contributed by atoms with van der Waals surface area (Å²) in [5.41, 5.74) is 6.45. The molecule has 1 aromatic rings. The van der Waals surface area contributed by atoms with E-state index in [1.807, 2.05) is 0 Å². The number of nitrogens with two attached hydrogens (primary N) is 1. The molecule has 0 aliphatic carbocycles. The first-order valence-corrected chi connectivity index (χ1v) is 6.14. The smallest absolute Gasteiger partial charge is 0.256 e. The molecule has 3 N–H and O–H groups in total. The van der Waals surface area contributed by atoms with Crippen molar-refractivity contribution in [1.29, 1.82) is 0 Å². The molecule has 7 heteroatoms. The van der Waals surface area contributed by atoms with Gasteiger partial charge in [0.1, 0.15) is 11.5 Å². The minimum atomic E-state index is -0.311. The van der Waals surface area contributed by atoms with E-state index >= 15 is 0 Å². The quantitative estimate of drug-likeness (QED) is 0.751. The fourth-order valence-corrected chi connectivity index (χ4v) is 2.05. The van der Waals surface area contributed by atoms with Gasteiger partial charge in [-0.15, -0.1) is 0 Å². The maximum absolute atomic E-state index is 12.5. The maximum Gasteiger partial charge on any atom is 0.256 e. The summed E-state index contributed by atoms with van der Waals surface area (Å²) in [5.74, 6) is 0.350. The van der Waals surface area contributed by atoms with Gasteiger partial charge in [-0.25, -0.2) is 0 Å². The number of rotatable bonds is 3. The Labute approximate surface area is 116 Å². The number of carbonyl (C=O) groups is 2. The predicted molar refractivity (Wildman–Crippen MR) is 72.9 cm³/mol. The summed E-state index contributed by atoms with van der Waals surface area (Å²) in [6.07, 6.45) is 0. The Morgan fingerprint density at radius 2 is 2.10 bits per heavy atom. The number of benzene rings is 1. The Kier molecular flexibility index (Phi) is 3.97. The lowest BCUT2D eigenvalue weighted by Gasteiger charge is -2.27. The highest BCUT2D eigenvalue weighted by Crippen LogP contribution is 2.31. The summed E-state index contributed by atoms with van der Waals surface area (Å²) in [6, 6.07) is 3.15. The van der Waals surface area contributed by atoms with Gasteiger partial charge in [0.15, 0.2) is 0 Å². The number of nitrogens with zero attached hydrogens (tertiary/aromatic N) is 1. The van der Waals surface area contributed by atoms with Crippen LogP contribution in [0, 0.1) is 0 Å². The molecule has 20 heavy (non-hydrogen) atoms. The van der Waals surface area contributed by atoms with Crippen molar-refractivity contribution in [3.8, 4) is 11.5 Å². The van der Waals surface area contributed by atoms with Crippen molar-refractivity contribution in [3.63, 3.8) is 0 Å². The van der Waals surface area contributed by atoms with E-state index in [-0.39, 0.29) is 29.6 Å². The van der Waals surface area contributed by atoms with Crippen molar-refractivity contribution in [2.24, 2.45) is 0 Å². The molecule has 0 unspecified atom stereocenters. The van der Waals surface area contributed by atoms with E-state index in [1.54, 1.807) is 12.1 Å². The number of methoxy groups -OCH3 is 2. The van der Waals surface area contributed by atoms with Crippen LogP contribution in [-0.2, 0) is 4.79 Å². The van der Waals surface area contributed by atoms with E-state index in [2.05, 4.69) is 5.32 Å². The molecule has 2 rings (SSSR count). The van der Waals surface area contributed by atoms with Crippen LogP contribution in [-0.4, -0.2) is 50.6 Å². The topological polar surface area (TPSA) is 93.9 Å². The van der Waals surface area contributed by atoms with Gasteiger partial charge in [0.25, 0.3) is 5.91 Å². The van der Waals surface area contributed by atoms with Gasteiger partial charge in [0.2, 0.25) is 5.91 Å². The van der Waals surface area contributed by atoms with E-state index in [9.17, 15) is 9.59 Å². The molecule has 0 radical (unpaired) electrons. The van der Waals surface area contributed by atoms with E-state index in [0.29, 0.717) is 24.6 Å². The average molecular weight is 279 g/mol. The van der Waals surface area contributed by atoms with Crippen LogP contribution in [0.15, 0.2) is 12.1 Å². The summed E-state index contributed by atoms with van der Waals surface area (Å²) >= 11 is 0. The molecule has 2 amide bonds. The van der Waals surface area contributed by atoms with Gasteiger partial charge in [-0.2, -0.15) is 0 Å². The van der Waals surface area contributed by atoms with Gasteiger partial charge in [0, 0.05) is 19.2 Å². The second-order valence-electron chi connectivity index (χ2n) is 4.37. The van der Waals surface area contributed by atoms with Crippen LogP contribution in [0.5, 0.6) is 11.5 Å². The van der Waals surface area contributed by atoms with Crippen molar-refractivity contribution in [2.75, 3.05) is 39.6 Å². The number of anilines is 1. The van der Waals surface area contributed by atoms with Gasteiger partial charge in [-0.3, -0.25) is 9.59 Å². The minimum absolute atomic E-state index is 0.0256. The van der Waals surface area contributed by atoms with Gasteiger partial charge in [0.05, 0.1) is 32.0 Å². The fraction of sp³-hybridized carbons (Fsp3) is 0.385. The van der Waals surface area contributed by atoms with Crippen LogP contribution in [0.2, 0.25) is 0 Å². The Bertz CT molecular complexity index is 545. The standard InChI is InChI=1S/C13H17N3O4/c1-19-8-5-9(12(14)10(6-8)20-2)13(18)16-4-3-15-11(17)7-16/h5-6H,3-4,7,14H2,1-2H3,(H,15,17). The number of nitrogens with one attached hydrogen (secondary N) is 1. The first kappa shape index (κ1) is 14.0. The molecule has 0 saturated carbocycles. The maximum atomic E-state index is 12.5. The van der Waals surface area contributed by atoms with Crippen LogP contribution in [0.4, 0.5) is 5.69 Å². The summed E-state index contributed by atoms with van der Waals surface area (Å²) in [5, 5.41) is 2.66. The second-order valence-corrected chi connectivity index (χ2v) is 4.37. The van der Waals surface area contributed by atoms with E-state index in [4.69, 9.17) is 15.2 Å². The SMILES string of the molecule is COc1cc(OC)c(N)c(C(=O)N2CCNC(=O)C2)c1. The molecular formula is C13H17N3O4. The lowest BCUT2D eigenvalue weighted by Crippen LogP contribution is -2.50. The minimum Gasteiger partial charge on any atom is -0.497 e. The zero-order valence-corrected chi connectivity index (χ0v) is 11.4. The highest BCUT2D eigenvalue weighted by Gasteiger charge is 2.25. The third kappa shape index (κ3) is 2.61. The molecule has 0 spiro atoms. The largest absolute Gasteiger partial charge is 0.497 e. The van der Waals surface area contributed by atoms with Gasteiger partial charge in [-0.1, -0.05) is 0 Å².